The second-order valence-corrected chi connectivity index (χ2v) is 5.04. The van der Waals surface area contributed by atoms with E-state index in [1.165, 1.54) is 16.3 Å². The summed E-state index contributed by atoms with van der Waals surface area (Å²) in [6.07, 6.45) is 2.36. The van der Waals surface area contributed by atoms with Crippen molar-refractivity contribution in [2.75, 3.05) is 0 Å². The lowest BCUT2D eigenvalue weighted by atomic mass is 10.2. The maximum atomic E-state index is 11.6. The van der Waals surface area contributed by atoms with Gasteiger partial charge in [0, 0.05) is 6.54 Å². The molecule has 1 aromatic rings. The molecule has 0 aromatic carbocycles. The highest BCUT2D eigenvalue weighted by atomic mass is 32.2. The van der Waals surface area contributed by atoms with E-state index in [2.05, 4.69) is 15.6 Å². The lowest BCUT2D eigenvalue weighted by molar-refractivity contribution is -0.120. The molecule has 0 radical (unpaired) electrons. The Labute approximate surface area is 109 Å². The van der Waals surface area contributed by atoms with Crippen molar-refractivity contribution in [1.82, 2.24) is 20.2 Å². The van der Waals surface area contributed by atoms with Gasteiger partial charge in [-0.15, -0.1) is 5.10 Å². The molecule has 1 atom stereocenters. The quantitative estimate of drug-likeness (QED) is 0.285. The highest BCUT2D eigenvalue weighted by molar-refractivity contribution is 8.00. The second-order valence-electron chi connectivity index (χ2n) is 3.87. The Morgan fingerprint density at radius 1 is 1.56 bits per heavy atom. The molecule has 1 rings (SSSR count). The summed E-state index contributed by atoms with van der Waals surface area (Å²) >= 11 is 1.26. The van der Waals surface area contributed by atoms with Crippen molar-refractivity contribution < 1.29 is 4.79 Å². The van der Waals surface area contributed by atoms with Crippen LogP contribution in [0.5, 0.6) is 0 Å². The summed E-state index contributed by atoms with van der Waals surface area (Å²) in [4.78, 5) is 23.1. The van der Waals surface area contributed by atoms with Crippen molar-refractivity contribution in [3.8, 4) is 0 Å². The Bertz CT molecular complexity index is 442. The Kier molecular flexibility index (Phi) is 5.93. The molecule has 8 heteroatoms. The number of thioether (sulfide) groups is 1. The lowest BCUT2D eigenvalue weighted by Gasteiger charge is -2.13. The number of carbonyl (C=O) groups excluding carboxylic acids is 1. The van der Waals surface area contributed by atoms with Crippen molar-refractivity contribution in [3.05, 3.63) is 10.5 Å². The first kappa shape index (κ1) is 14.8. The van der Waals surface area contributed by atoms with Crippen molar-refractivity contribution in [2.45, 2.75) is 50.1 Å². The fourth-order valence-electron chi connectivity index (χ4n) is 1.54. The summed E-state index contributed by atoms with van der Waals surface area (Å²) in [6.45, 7) is 4.55. The molecule has 1 amide bonds. The Morgan fingerprint density at radius 3 is 2.83 bits per heavy atom. The zero-order valence-corrected chi connectivity index (χ0v) is 11.4. The van der Waals surface area contributed by atoms with Gasteiger partial charge < -0.3 is 0 Å². The van der Waals surface area contributed by atoms with Crippen LogP contribution in [0.2, 0.25) is 0 Å². The molecule has 1 unspecified atom stereocenters. The average molecular weight is 273 g/mol. The van der Waals surface area contributed by atoms with Gasteiger partial charge in [-0.2, -0.15) is 0 Å². The van der Waals surface area contributed by atoms with Gasteiger partial charge in [0.2, 0.25) is 5.91 Å². The zero-order valence-electron chi connectivity index (χ0n) is 10.6. The third-order valence-corrected chi connectivity index (χ3v) is 3.66. The topological polar surface area (TPSA) is 106 Å². The van der Waals surface area contributed by atoms with Crippen molar-refractivity contribution >= 4 is 17.7 Å². The number of carbonyl (C=O) groups is 1. The van der Waals surface area contributed by atoms with E-state index in [1.807, 2.05) is 13.8 Å². The van der Waals surface area contributed by atoms with Gasteiger partial charge in [0.15, 0.2) is 5.16 Å². The fourth-order valence-corrected chi connectivity index (χ4v) is 2.72. The summed E-state index contributed by atoms with van der Waals surface area (Å²) in [7, 11) is 0. The van der Waals surface area contributed by atoms with Crippen LogP contribution in [0.1, 0.15) is 33.1 Å². The first-order chi connectivity index (χ1) is 8.63. The Hall–Kier alpha value is -1.28. The van der Waals surface area contributed by atoms with E-state index in [-0.39, 0.29) is 16.8 Å². The molecular formula is C10H19N5O2S. The normalized spacial score (nSPS) is 12.4. The molecule has 18 heavy (non-hydrogen) atoms. The van der Waals surface area contributed by atoms with Crippen LogP contribution in [0.15, 0.2) is 9.95 Å². The molecule has 0 saturated heterocycles. The van der Waals surface area contributed by atoms with Crippen LogP contribution < -0.4 is 17.0 Å². The SMILES string of the molecule is CCCC(Sc1n[nH]c(=O)n1CCC)C(=O)NN. The number of hydrogen-bond donors (Lipinski definition) is 3. The number of hydrogen-bond acceptors (Lipinski definition) is 5. The molecule has 7 nitrogen and oxygen atoms in total. The summed E-state index contributed by atoms with van der Waals surface area (Å²) < 4.78 is 1.54. The predicted octanol–water partition coefficient (Wildman–Crippen LogP) is 0.232. The monoisotopic (exact) mass is 273 g/mol. The van der Waals surface area contributed by atoms with Gasteiger partial charge in [-0.25, -0.2) is 15.7 Å². The second kappa shape index (κ2) is 7.22. The van der Waals surface area contributed by atoms with Crippen LogP contribution in [0, 0.1) is 0 Å². The molecule has 0 aliphatic heterocycles. The van der Waals surface area contributed by atoms with Gasteiger partial charge in [0.1, 0.15) is 0 Å². The van der Waals surface area contributed by atoms with Crippen LogP contribution in [-0.2, 0) is 11.3 Å². The van der Waals surface area contributed by atoms with Gasteiger partial charge in [-0.05, 0) is 12.8 Å². The first-order valence-electron chi connectivity index (χ1n) is 5.96. The minimum absolute atomic E-state index is 0.247. The fraction of sp³-hybridized carbons (Fsp3) is 0.700. The summed E-state index contributed by atoms with van der Waals surface area (Å²) in [5.41, 5.74) is 1.90. The van der Waals surface area contributed by atoms with E-state index < -0.39 is 0 Å². The third-order valence-electron chi connectivity index (χ3n) is 2.40. The molecule has 0 fully saturated rings. The van der Waals surface area contributed by atoms with Gasteiger partial charge >= 0.3 is 5.69 Å². The highest BCUT2D eigenvalue weighted by Gasteiger charge is 2.21. The molecule has 0 spiro atoms. The number of H-pyrrole nitrogens is 1. The van der Waals surface area contributed by atoms with Gasteiger partial charge in [-0.3, -0.25) is 14.8 Å². The third kappa shape index (κ3) is 3.61. The number of rotatable bonds is 7. The van der Waals surface area contributed by atoms with Gasteiger partial charge in [0.25, 0.3) is 0 Å². The molecule has 0 aliphatic carbocycles. The van der Waals surface area contributed by atoms with E-state index in [0.717, 1.165) is 12.8 Å². The zero-order chi connectivity index (χ0) is 13.5. The van der Waals surface area contributed by atoms with E-state index in [4.69, 9.17) is 5.84 Å². The standard InChI is InChI=1S/C10H19N5O2S/c1-3-5-7(8(16)12-11)18-10-14-13-9(17)15(10)6-4-2/h7H,3-6,11H2,1-2H3,(H,12,16)(H,13,17). The van der Waals surface area contributed by atoms with Gasteiger partial charge in [0.05, 0.1) is 5.25 Å². The number of aromatic amines is 1. The molecule has 0 saturated carbocycles. The number of nitrogens with zero attached hydrogens (tertiary/aromatic N) is 2. The minimum atomic E-state index is -0.328. The molecule has 0 aliphatic rings. The average Bonchev–Trinajstić information content (AvgIpc) is 2.70. The largest absolute Gasteiger partial charge is 0.343 e. The summed E-state index contributed by atoms with van der Waals surface area (Å²) in [6, 6.07) is 0. The van der Waals surface area contributed by atoms with Crippen molar-refractivity contribution in [1.29, 1.82) is 0 Å². The molecule has 1 heterocycles. The first-order valence-corrected chi connectivity index (χ1v) is 6.84. The van der Waals surface area contributed by atoms with Crippen LogP contribution in [0.4, 0.5) is 0 Å². The minimum Gasteiger partial charge on any atom is -0.293 e. The van der Waals surface area contributed by atoms with E-state index in [0.29, 0.717) is 18.1 Å². The number of amides is 1. The van der Waals surface area contributed by atoms with Crippen molar-refractivity contribution in [2.24, 2.45) is 5.84 Å². The van der Waals surface area contributed by atoms with Crippen LogP contribution in [0.25, 0.3) is 0 Å². The summed E-state index contributed by atoms with van der Waals surface area (Å²) in [5.74, 6) is 4.90. The Morgan fingerprint density at radius 2 is 2.28 bits per heavy atom. The molecule has 1 aromatic heterocycles. The molecular weight excluding hydrogens is 254 g/mol. The van der Waals surface area contributed by atoms with E-state index in [9.17, 15) is 9.59 Å². The molecule has 0 bridgehead atoms. The number of hydrazine groups is 1. The van der Waals surface area contributed by atoms with Crippen LogP contribution in [-0.4, -0.2) is 25.9 Å². The summed E-state index contributed by atoms with van der Waals surface area (Å²) in [5, 5.41) is 6.54. The van der Waals surface area contributed by atoms with Crippen LogP contribution >= 0.6 is 11.8 Å². The number of nitrogens with one attached hydrogen (secondary N) is 2. The maximum Gasteiger partial charge on any atom is 0.343 e. The molecule has 102 valence electrons. The Balaban J connectivity index is 2.86. The van der Waals surface area contributed by atoms with E-state index >= 15 is 0 Å². The lowest BCUT2D eigenvalue weighted by Crippen LogP contribution is -2.37. The van der Waals surface area contributed by atoms with Gasteiger partial charge in [-0.1, -0.05) is 32.0 Å². The molecule has 4 N–H and O–H groups in total. The number of aromatic nitrogens is 3. The van der Waals surface area contributed by atoms with Crippen molar-refractivity contribution in [3.63, 3.8) is 0 Å². The van der Waals surface area contributed by atoms with Crippen LogP contribution in [0.3, 0.4) is 0 Å². The maximum absolute atomic E-state index is 11.6. The number of nitrogens with two attached hydrogens (primary N) is 1. The van der Waals surface area contributed by atoms with E-state index in [1.54, 1.807) is 0 Å². The highest BCUT2D eigenvalue weighted by Crippen LogP contribution is 2.23. The predicted molar refractivity (Wildman–Crippen MR) is 70.0 cm³/mol. The smallest absolute Gasteiger partial charge is 0.293 e.